The number of anilines is 1. The topological polar surface area (TPSA) is 70.9 Å². The van der Waals surface area contributed by atoms with Crippen molar-refractivity contribution in [3.05, 3.63) is 12.5 Å². The zero-order valence-electron chi connectivity index (χ0n) is 5.35. The highest BCUT2D eigenvalue weighted by atomic mass is 32.1. The zero-order valence-corrected chi connectivity index (χ0v) is 6.17. The summed E-state index contributed by atoms with van der Waals surface area (Å²) >= 11 is 1.27. The third-order valence-corrected chi connectivity index (χ3v) is 2.05. The van der Waals surface area contributed by atoms with E-state index in [2.05, 4.69) is 15.0 Å². The standard InChI is InChI=1S/C5H4N4OS/c10-9-5-8-3-1-6-2-7-4(3)11-5/h1-2,10H,(H,8,9). The van der Waals surface area contributed by atoms with Crippen LogP contribution >= 0.6 is 11.3 Å². The van der Waals surface area contributed by atoms with Gasteiger partial charge in [0.05, 0.1) is 6.20 Å². The Balaban J connectivity index is 2.69. The summed E-state index contributed by atoms with van der Waals surface area (Å²) in [6.45, 7) is 0. The second kappa shape index (κ2) is 2.40. The van der Waals surface area contributed by atoms with Crippen LogP contribution in [0.15, 0.2) is 12.5 Å². The fraction of sp³-hybridized carbons (Fsp3) is 0. The van der Waals surface area contributed by atoms with Crippen LogP contribution in [0.1, 0.15) is 0 Å². The van der Waals surface area contributed by atoms with E-state index in [0.29, 0.717) is 10.6 Å². The number of thiazole rings is 1. The summed E-state index contributed by atoms with van der Waals surface area (Å²) in [7, 11) is 0. The van der Waals surface area contributed by atoms with Gasteiger partial charge in [0, 0.05) is 0 Å². The van der Waals surface area contributed by atoms with Crippen LogP contribution in [0.3, 0.4) is 0 Å². The van der Waals surface area contributed by atoms with Gasteiger partial charge in [-0.05, 0) is 0 Å². The van der Waals surface area contributed by atoms with Crippen LogP contribution in [0.25, 0.3) is 10.3 Å². The van der Waals surface area contributed by atoms with Crippen LogP contribution in [0.5, 0.6) is 0 Å². The molecule has 2 heterocycles. The lowest BCUT2D eigenvalue weighted by molar-refractivity contribution is 0.388. The van der Waals surface area contributed by atoms with Gasteiger partial charge in [0.2, 0.25) is 5.13 Å². The van der Waals surface area contributed by atoms with Crippen molar-refractivity contribution in [2.75, 3.05) is 5.48 Å². The molecule has 0 bridgehead atoms. The molecule has 56 valence electrons. The van der Waals surface area contributed by atoms with Crippen molar-refractivity contribution in [1.82, 2.24) is 15.0 Å². The summed E-state index contributed by atoms with van der Waals surface area (Å²) in [5, 5.41) is 8.92. The molecule has 2 rings (SSSR count). The molecule has 0 spiro atoms. The zero-order chi connectivity index (χ0) is 7.68. The summed E-state index contributed by atoms with van der Waals surface area (Å²) in [5.74, 6) is 0. The van der Waals surface area contributed by atoms with Gasteiger partial charge in [-0.1, -0.05) is 11.3 Å². The molecular weight excluding hydrogens is 164 g/mol. The second-order valence-corrected chi connectivity index (χ2v) is 2.82. The van der Waals surface area contributed by atoms with Crippen molar-refractivity contribution in [3.8, 4) is 0 Å². The minimum atomic E-state index is 0.431. The number of rotatable bonds is 1. The Morgan fingerprint density at radius 3 is 3.18 bits per heavy atom. The van der Waals surface area contributed by atoms with E-state index in [1.807, 2.05) is 5.48 Å². The molecule has 0 aliphatic rings. The summed E-state index contributed by atoms with van der Waals surface area (Å²) < 4.78 is 0. The third-order valence-electron chi connectivity index (χ3n) is 1.17. The van der Waals surface area contributed by atoms with Crippen LogP contribution in [0, 0.1) is 0 Å². The molecule has 0 fully saturated rings. The van der Waals surface area contributed by atoms with Crippen molar-refractivity contribution in [3.63, 3.8) is 0 Å². The van der Waals surface area contributed by atoms with Crippen molar-refractivity contribution in [2.24, 2.45) is 0 Å². The monoisotopic (exact) mass is 168 g/mol. The average Bonchev–Trinajstić information content (AvgIpc) is 2.46. The van der Waals surface area contributed by atoms with Gasteiger partial charge in [0.1, 0.15) is 16.7 Å². The Hall–Kier alpha value is -1.27. The third kappa shape index (κ3) is 1.02. The lowest BCUT2D eigenvalue weighted by atomic mass is 10.6. The molecular formula is C5H4N4OS. The number of fused-ring (bicyclic) bond motifs is 1. The van der Waals surface area contributed by atoms with Crippen LogP contribution in [-0.2, 0) is 0 Å². The van der Waals surface area contributed by atoms with Gasteiger partial charge in [-0.2, -0.15) is 0 Å². The van der Waals surface area contributed by atoms with E-state index >= 15 is 0 Å². The molecule has 6 heteroatoms. The van der Waals surface area contributed by atoms with E-state index in [-0.39, 0.29) is 0 Å². The normalized spacial score (nSPS) is 10.3. The van der Waals surface area contributed by atoms with Crippen molar-refractivity contribution < 1.29 is 5.21 Å². The number of nitrogens with one attached hydrogen (secondary N) is 1. The van der Waals surface area contributed by atoms with Gasteiger partial charge in [0.25, 0.3) is 0 Å². The smallest absolute Gasteiger partial charge is 0.209 e. The molecule has 0 aromatic carbocycles. The van der Waals surface area contributed by atoms with Crippen LogP contribution in [0.2, 0.25) is 0 Å². The van der Waals surface area contributed by atoms with Gasteiger partial charge in [0.15, 0.2) is 0 Å². The molecule has 0 unspecified atom stereocenters. The Labute approximate surface area is 65.7 Å². The summed E-state index contributed by atoms with van der Waals surface area (Å²) in [6, 6.07) is 0. The predicted molar refractivity (Wildman–Crippen MR) is 40.6 cm³/mol. The molecule has 0 atom stereocenters. The van der Waals surface area contributed by atoms with Gasteiger partial charge in [-0.25, -0.2) is 20.4 Å². The molecule has 11 heavy (non-hydrogen) atoms. The molecule has 0 saturated heterocycles. The van der Waals surface area contributed by atoms with E-state index in [1.54, 1.807) is 6.20 Å². The predicted octanol–water partition coefficient (Wildman–Crippen LogP) is 0.887. The molecule has 0 radical (unpaired) electrons. The number of nitrogens with zero attached hydrogens (tertiary/aromatic N) is 3. The maximum Gasteiger partial charge on any atom is 0.209 e. The lowest BCUT2D eigenvalue weighted by Crippen LogP contribution is -1.85. The first-order chi connectivity index (χ1) is 5.40. The van der Waals surface area contributed by atoms with E-state index in [1.165, 1.54) is 17.7 Å². The molecule has 0 aliphatic heterocycles. The molecule has 2 aromatic rings. The first-order valence-corrected chi connectivity index (χ1v) is 3.68. The number of aromatic nitrogens is 3. The molecule has 0 saturated carbocycles. The second-order valence-electron chi connectivity index (χ2n) is 1.84. The molecule has 5 nitrogen and oxygen atoms in total. The van der Waals surface area contributed by atoms with Gasteiger partial charge in [-0.3, -0.25) is 5.21 Å². The van der Waals surface area contributed by atoms with Gasteiger partial charge < -0.3 is 0 Å². The minimum Gasteiger partial charge on any atom is -0.289 e. The first-order valence-electron chi connectivity index (χ1n) is 2.87. The largest absolute Gasteiger partial charge is 0.289 e. The van der Waals surface area contributed by atoms with Crippen LogP contribution in [0.4, 0.5) is 5.13 Å². The highest BCUT2D eigenvalue weighted by molar-refractivity contribution is 7.21. The van der Waals surface area contributed by atoms with Crippen molar-refractivity contribution >= 4 is 26.8 Å². The highest BCUT2D eigenvalue weighted by Crippen LogP contribution is 2.21. The van der Waals surface area contributed by atoms with E-state index in [9.17, 15) is 0 Å². The fourth-order valence-electron chi connectivity index (χ4n) is 0.738. The molecule has 0 aliphatic carbocycles. The summed E-state index contributed by atoms with van der Waals surface area (Å²) in [5.41, 5.74) is 2.64. The van der Waals surface area contributed by atoms with Crippen LogP contribution in [-0.4, -0.2) is 20.2 Å². The Morgan fingerprint density at radius 2 is 2.45 bits per heavy atom. The minimum absolute atomic E-state index is 0.431. The van der Waals surface area contributed by atoms with Crippen molar-refractivity contribution in [2.45, 2.75) is 0 Å². The Bertz CT molecular complexity index is 340. The van der Waals surface area contributed by atoms with E-state index in [4.69, 9.17) is 5.21 Å². The quantitative estimate of drug-likeness (QED) is 0.619. The first kappa shape index (κ1) is 6.44. The van der Waals surface area contributed by atoms with Crippen molar-refractivity contribution in [1.29, 1.82) is 0 Å². The van der Waals surface area contributed by atoms with Gasteiger partial charge in [-0.15, -0.1) is 0 Å². The maximum absolute atomic E-state index is 8.49. The summed E-state index contributed by atoms with van der Waals surface area (Å²) in [4.78, 5) is 12.5. The molecule has 2 aromatic heterocycles. The Kier molecular flexibility index (Phi) is 1.41. The SMILES string of the molecule is ONc1nc2cncnc2s1. The number of hydrogen-bond donors (Lipinski definition) is 2. The number of hydrogen-bond acceptors (Lipinski definition) is 6. The highest BCUT2D eigenvalue weighted by Gasteiger charge is 2.01. The van der Waals surface area contributed by atoms with Gasteiger partial charge >= 0.3 is 0 Å². The van der Waals surface area contributed by atoms with Crippen LogP contribution < -0.4 is 5.48 Å². The van der Waals surface area contributed by atoms with E-state index < -0.39 is 0 Å². The average molecular weight is 168 g/mol. The summed E-state index contributed by atoms with van der Waals surface area (Å²) in [6.07, 6.45) is 3.04. The van der Waals surface area contributed by atoms with E-state index in [0.717, 1.165) is 4.83 Å². The molecule has 0 amide bonds. The lowest BCUT2D eigenvalue weighted by Gasteiger charge is -1.83. The molecule has 2 N–H and O–H groups in total. The Morgan fingerprint density at radius 1 is 1.55 bits per heavy atom. The fourth-order valence-corrected chi connectivity index (χ4v) is 1.41. The maximum atomic E-state index is 8.49.